The molecular weight excluding hydrogens is 373 g/mol. The van der Waals surface area contributed by atoms with Crippen molar-refractivity contribution in [3.05, 3.63) is 0 Å². The van der Waals surface area contributed by atoms with Crippen molar-refractivity contribution in [3.63, 3.8) is 0 Å². The van der Waals surface area contributed by atoms with Crippen molar-refractivity contribution >= 4 is 69.9 Å². The van der Waals surface area contributed by atoms with Crippen molar-refractivity contribution in [2.24, 2.45) is 0 Å². The van der Waals surface area contributed by atoms with Crippen LogP contribution in [0.1, 0.15) is 26.7 Å². The van der Waals surface area contributed by atoms with E-state index < -0.39 is 25.5 Å². The van der Waals surface area contributed by atoms with Crippen LogP contribution in [0.3, 0.4) is 0 Å². The van der Waals surface area contributed by atoms with E-state index in [0.717, 1.165) is 7.11 Å². The van der Waals surface area contributed by atoms with Crippen molar-refractivity contribution < 1.29 is 19.1 Å². The zero-order valence-corrected chi connectivity index (χ0v) is 14.9. The van der Waals surface area contributed by atoms with Gasteiger partial charge in [-0.25, -0.2) is 4.79 Å². The Labute approximate surface area is 142 Å². The molecule has 0 saturated carbocycles. The molecule has 0 N–H and O–H groups in total. The summed E-state index contributed by atoms with van der Waals surface area (Å²) >= 11 is 29.7. The van der Waals surface area contributed by atoms with Crippen LogP contribution in [0.4, 0.5) is 0 Å². The second-order valence-corrected chi connectivity index (χ2v) is 8.28. The normalized spacial score (nSPS) is 15.4. The van der Waals surface area contributed by atoms with Gasteiger partial charge in [-0.3, -0.25) is 4.79 Å². The van der Waals surface area contributed by atoms with Crippen molar-refractivity contribution in [1.82, 2.24) is 0 Å². The number of rotatable bonds is 7. The number of methoxy groups -OCH3 is 1. The van der Waals surface area contributed by atoms with Gasteiger partial charge in [0.15, 0.2) is 0 Å². The minimum Gasteiger partial charge on any atom is -0.467 e. The van der Waals surface area contributed by atoms with Gasteiger partial charge in [-0.2, -0.15) is 0 Å². The Balaban J connectivity index is 4.90. The Morgan fingerprint density at radius 3 is 1.90 bits per heavy atom. The molecule has 0 heterocycles. The fourth-order valence-corrected chi connectivity index (χ4v) is 3.69. The molecule has 0 spiro atoms. The standard InChI is InChI=1S/C11H15Cl5O4/c1-4-20-7(17)9(2,12)5-10(13,14)6-11(15,16)8(18)19-3/h4-6H2,1-3H3. The lowest BCUT2D eigenvalue weighted by Gasteiger charge is -2.31. The first-order chi connectivity index (χ1) is 8.88. The van der Waals surface area contributed by atoms with E-state index in [2.05, 4.69) is 4.74 Å². The molecule has 0 aromatic rings. The molecule has 0 aliphatic carbocycles. The maximum atomic E-state index is 11.7. The minimum atomic E-state index is -1.94. The minimum absolute atomic E-state index is 0.163. The molecule has 4 nitrogen and oxygen atoms in total. The monoisotopic (exact) mass is 386 g/mol. The highest BCUT2D eigenvalue weighted by molar-refractivity contribution is 6.59. The summed E-state index contributed by atoms with van der Waals surface area (Å²) in [6, 6.07) is 0. The molecule has 1 unspecified atom stereocenters. The van der Waals surface area contributed by atoms with Gasteiger partial charge in [-0.15, -0.1) is 34.8 Å². The zero-order valence-electron chi connectivity index (χ0n) is 11.1. The summed E-state index contributed by atoms with van der Waals surface area (Å²) < 4.78 is 5.67. The summed E-state index contributed by atoms with van der Waals surface area (Å²) in [6.07, 6.45) is -0.595. The molecule has 118 valence electrons. The van der Waals surface area contributed by atoms with Crippen LogP contribution in [0.25, 0.3) is 0 Å². The van der Waals surface area contributed by atoms with Crippen LogP contribution in [0.15, 0.2) is 0 Å². The van der Waals surface area contributed by atoms with E-state index >= 15 is 0 Å². The van der Waals surface area contributed by atoms with E-state index in [4.69, 9.17) is 62.7 Å². The van der Waals surface area contributed by atoms with Crippen LogP contribution in [0.5, 0.6) is 0 Å². The number of hydrogen-bond acceptors (Lipinski definition) is 4. The number of hydrogen-bond donors (Lipinski definition) is 0. The summed E-state index contributed by atoms with van der Waals surface area (Å²) in [5, 5.41) is 0. The second kappa shape index (κ2) is 7.59. The fraction of sp³-hybridized carbons (Fsp3) is 0.818. The maximum absolute atomic E-state index is 11.7. The Bertz CT molecular complexity index is 368. The lowest BCUT2D eigenvalue weighted by molar-refractivity contribution is -0.146. The number of carbonyl (C=O) groups is 2. The quantitative estimate of drug-likeness (QED) is 0.491. The maximum Gasteiger partial charge on any atom is 0.342 e. The van der Waals surface area contributed by atoms with Gasteiger partial charge in [0.1, 0.15) is 9.21 Å². The summed E-state index contributed by atoms with van der Waals surface area (Å²) in [6.45, 7) is 3.20. The number of halogens is 5. The van der Waals surface area contributed by atoms with Gasteiger partial charge in [0, 0.05) is 12.8 Å². The van der Waals surface area contributed by atoms with Crippen LogP contribution in [-0.4, -0.2) is 39.2 Å². The fourth-order valence-electron chi connectivity index (χ4n) is 1.45. The molecule has 9 heteroatoms. The molecule has 0 aliphatic rings. The predicted octanol–water partition coefficient (Wildman–Crippen LogP) is 3.85. The third-order valence-corrected chi connectivity index (χ3v) is 3.65. The molecular formula is C11H15Cl5O4. The number of carbonyl (C=O) groups excluding carboxylic acids is 2. The smallest absolute Gasteiger partial charge is 0.342 e. The Morgan fingerprint density at radius 1 is 1.00 bits per heavy atom. The average molecular weight is 389 g/mol. The van der Waals surface area contributed by atoms with E-state index in [-0.39, 0.29) is 19.4 Å². The van der Waals surface area contributed by atoms with Gasteiger partial charge in [0.2, 0.25) is 4.33 Å². The first kappa shape index (κ1) is 20.4. The van der Waals surface area contributed by atoms with Gasteiger partial charge >= 0.3 is 11.9 Å². The third-order valence-electron chi connectivity index (χ3n) is 2.26. The highest BCUT2D eigenvalue weighted by atomic mass is 35.5. The van der Waals surface area contributed by atoms with E-state index in [1.165, 1.54) is 6.92 Å². The second-order valence-electron chi connectivity index (χ2n) is 4.32. The number of ether oxygens (including phenoxy) is 2. The van der Waals surface area contributed by atoms with E-state index in [9.17, 15) is 9.59 Å². The van der Waals surface area contributed by atoms with Gasteiger partial charge in [-0.1, -0.05) is 23.2 Å². The molecule has 0 rings (SSSR count). The van der Waals surface area contributed by atoms with Crippen molar-refractivity contribution in [2.75, 3.05) is 13.7 Å². The van der Waals surface area contributed by atoms with Crippen LogP contribution in [-0.2, 0) is 19.1 Å². The number of esters is 2. The van der Waals surface area contributed by atoms with E-state index in [0.29, 0.717) is 0 Å². The Morgan fingerprint density at radius 2 is 1.50 bits per heavy atom. The molecule has 0 bridgehead atoms. The third kappa shape index (κ3) is 6.44. The topological polar surface area (TPSA) is 52.6 Å². The lowest BCUT2D eigenvalue weighted by atomic mass is 10.0. The molecule has 0 saturated heterocycles. The molecule has 0 aromatic carbocycles. The molecule has 20 heavy (non-hydrogen) atoms. The molecule has 0 aromatic heterocycles. The summed E-state index contributed by atoms with van der Waals surface area (Å²) in [5.41, 5.74) is 0. The van der Waals surface area contributed by atoms with Crippen molar-refractivity contribution in [2.45, 2.75) is 40.2 Å². The molecule has 0 fully saturated rings. The van der Waals surface area contributed by atoms with Gasteiger partial charge in [-0.05, 0) is 13.8 Å². The largest absolute Gasteiger partial charge is 0.467 e. The number of alkyl halides is 5. The van der Waals surface area contributed by atoms with Gasteiger partial charge in [0.25, 0.3) is 0 Å². The van der Waals surface area contributed by atoms with Crippen LogP contribution in [0.2, 0.25) is 0 Å². The van der Waals surface area contributed by atoms with E-state index in [1.54, 1.807) is 6.92 Å². The Hall–Kier alpha value is 0.390. The SMILES string of the molecule is CCOC(=O)C(C)(Cl)CC(Cl)(Cl)CC(Cl)(Cl)C(=O)OC. The van der Waals surface area contributed by atoms with Crippen molar-refractivity contribution in [1.29, 1.82) is 0 Å². The molecule has 0 amide bonds. The van der Waals surface area contributed by atoms with Gasteiger partial charge in [0.05, 0.1) is 13.7 Å². The summed E-state index contributed by atoms with van der Waals surface area (Å²) in [7, 11) is 1.12. The summed E-state index contributed by atoms with van der Waals surface area (Å²) in [5.74, 6) is -1.58. The first-order valence-electron chi connectivity index (χ1n) is 5.58. The zero-order chi connectivity index (χ0) is 16.2. The lowest BCUT2D eigenvalue weighted by Crippen LogP contribution is -2.41. The first-order valence-corrected chi connectivity index (χ1v) is 7.47. The molecule has 0 aliphatic heterocycles. The van der Waals surface area contributed by atoms with Gasteiger partial charge < -0.3 is 9.47 Å². The molecule has 0 radical (unpaired) electrons. The van der Waals surface area contributed by atoms with E-state index in [1.807, 2.05) is 0 Å². The van der Waals surface area contributed by atoms with Crippen LogP contribution < -0.4 is 0 Å². The average Bonchev–Trinajstić information content (AvgIpc) is 2.24. The predicted molar refractivity (Wildman–Crippen MR) is 81.0 cm³/mol. The van der Waals surface area contributed by atoms with Crippen molar-refractivity contribution in [3.8, 4) is 0 Å². The van der Waals surface area contributed by atoms with Crippen LogP contribution >= 0.6 is 58.0 Å². The highest BCUT2D eigenvalue weighted by Gasteiger charge is 2.48. The molecule has 1 atom stereocenters. The summed E-state index contributed by atoms with van der Waals surface area (Å²) in [4.78, 5) is 21.6. The Kier molecular flexibility index (Phi) is 7.74. The van der Waals surface area contributed by atoms with Crippen LogP contribution in [0, 0.1) is 0 Å². The highest BCUT2D eigenvalue weighted by Crippen LogP contribution is 2.44.